The van der Waals surface area contributed by atoms with E-state index < -0.39 is 0 Å². The summed E-state index contributed by atoms with van der Waals surface area (Å²) in [6.07, 6.45) is 9.03. The summed E-state index contributed by atoms with van der Waals surface area (Å²) < 4.78 is 0. The van der Waals surface area contributed by atoms with E-state index in [2.05, 4.69) is 4.90 Å². The van der Waals surface area contributed by atoms with Crippen molar-refractivity contribution in [1.29, 1.82) is 0 Å². The molecule has 3 aliphatic carbocycles. The van der Waals surface area contributed by atoms with Gasteiger partial charge in [0.2, 0.25) is 5.91 Å². The minimum atomic E-state index is 0. The van der Waals surface area contributed by atoms with Gasteiger partial charge in [-0.1, -0.05) is 19.3 Å². The highest BCUT2D eigenvalue weighted by Gasteiger charge is 2.56. The van der Waals surface area contributed by atoms with Crippen LogP contribution in [0.5, 0.6) is 0 Å². The number of carbonyl (C=O) groups excluding carboxylic acids is 1. The van der Waals surface area contributed by atoms with E-state index in [4.69, 9.17) is 5.73 Å². The molecule has 5 unspecified atom stereocenters. The van der Waals surface area contributed by atoms with Crippen LogP contribution in [0.1, 0.15) is 44.9 Å². The van der Waals surface area contributed by atoms with Crippen molar-refractivity contribution in [2.24, 2.45) is 35.3 Å². The number of likely N-dealkylation sites (tertiary alicyclic amines) is 1. The third kappa shape index (κ3) is 2.27. The molecule has 0 radical (unpaired) electrons. The van der Waals surface area contributed by atoms with E-state index in [1.807, 2.05) is 0 Å². The van der Waals surface area contributed by atoms with Crippen molar-refractivity contribution in [3.05, 3.63) is 0 Å². The Morgan fingerprint density at radius 3 is 2.25 bits per heavy atom. The molecule has 114 valence electrons. The van der Waals surface area contributed by atoms with Crippen LogP contribution in [0.2, 0.25) is 0 Å². The number of hydrogen-bond donors (Lipinski definition) is 1. The summed E-state index contributed by atoms with van der Waals surface area (Å²) in [6.45, 7) is 1.97. The zero-order valence-corrected chi connectivity index (χ0v) is 13.0. The van der Waals surface area contributed by atoms with E-state index in [0.717, 1.165) is 31.3 Å². The predicted molar refractivity (Wildman–Crippen MR) is 81.6 cm³/mol. The fourth-order valence-corrected chi connectivity index (χ4v) is 5.27. The summed E-state index contributed by atoms with van der Waals surface area (Å²) in [7, 11) is 0. The molecule has 1 heterocycles. The van der Waals surface area contributed by atoms with Gasteiger partial charge < -0.3 is 10.6 Å². The molecule has 4 rings (SSSR count). The number of carbonyl (C=O) groups is 1. The summed E-state index contributed by atoms with van der Waals surface area (Å²) in [5.41, 5.74) is 6.25. The van der Waals surface area contributed by atoms with E-state index >= 15 is 0 Å². The summed E-state index contributed by atoms with van der Waals surface area (Å²) >= 11 is 0. The first-order valence-electron chi connectivity index (χ1n) is 8.30. The predicted octanol–water partition coefficient (Wildman–Crippen LogP) is 2.43. The van der Waals surface area contributed by atoms with Crippen LogP contribution >= 0.6 is 12.4 Å². The summed E-state index contributed by atoms with van der Waals surface area (Å²) in [5, 5.41) is 0. The van der Waals surface area contributed by atoms with Crippen LogP contribution in [0.3, 0.4) is 0 Å². The summed E-state index contributed by atoms with van der Waals surface area (Å²) in [4.78, 5) is 14.9. The Labute approximate surface area is 128 Å². The van der Waals surface area contributed by atoms with E-state index in [1.165, 1.54) is 38.5 Å². The first-order chi connectivity index (χ1) is 9.25. The monoisotopic (exact) mass is 298 g/mol. The van der Waals surface area contributed by atoms with Crippen LogP contribution in [-0.4, -0.2) is 29.9 Å². The average molecular weight is 299 g/mol. The number of fused-ring (bicyclic) bond motifs is 2. The van der Waals surface area contributed by atoms with Gasteiger partial charge in [0.25, 0.3) is 0 Å². The molecule has 0 aromatic carbocycles. The average Bonchev–Trinajstić information content (AvgIpc) is 2.98. The molecule has 4 heteroatoms. The van der Waals surface area contributed by atoms with Crippen LogP contribution in [0.4, 0.5) is 0 Å². The SMILES string of the molecule is Cl.NC1CCCC2CN(C(=O)C3C4CCCCC43)CC12. The molecule has 0 spiro atoms. The molecular weight excluding hydrogens is 272 g/mol. The van der Waals surface area contributed by atoms with Gasteiger partial charge in [0.1, 0.15) is 0 Å². The van der Waals surface area contributed by atoms with Crippen LogP contribution in [0.25, 0.3) is 0 Å². The number of rotatable bonds is 1. The molecule has 20 heavy (non-hydrogen) atoms. The van der Waals surface area contributed by atoms with Crippen molar-refractivity contribution in [1.82, 2.24) is 4.90 Å². The molecule has 0 aromatic rings. The quantitative estimate of drug-likeness (QED) is 0.808. The van der Waals surface area contributed by atoms with Gasteiger partial charge in [0, 0.05) is 25.0 Å². The highest BCUT2D eigenvalue weighted by Crippen LogP contribution is 2.56. The van der Waals surface area contributed by atoms with E-state index in [-0.39, 0.29) is 12.4 Å². The molecule has 4 fully saturated rings. The number of halogens is 1. The van der Waals surface area contributed by atoms with Gasteiger partial charge in [0.15, 0.2) is 0 Å². The molecule has 1 amide bonds. The Kier molecular flexibility index (Phi) is 4.02. The number of amides is 1. The Bertz CT molecular complexity index is 377. The fourth-order valence-electron chi connectivity index (χ4n) is 5.27. The lowest BCUT2D eigenvalue weighted by Gasteiger charge is -2.29. The smallest absolute Gasteiger partial charge is 0.226 e. The number of hydrogen-bond acceptors (Lipinski definition) is 2. The molecule has 1 aliphatic heterocycles. The first kappa shape index (κ1) is 14.6. The van der Waals surface area contributed by atoms with Gasteiger partial charge in [-0.2, -0.15) is 0 Å². The van der Waals surface area contributed by atoms with Crippen molar-refractivity contribution in [2.75, 3.05) is 13.1 Å². The van der Waals surface area contributed by atoms with Crippen LogP contribution in [0, 0.1) is 29.6 Å². The zero-order chi connectivity index (χ0) is 13.0. The van der Waals surface area contributed by atoms with Gasteiger partial charge in [-0.3, -0.25) is 4.79 Å². The standard InChI is InChI=1S/C16H26N2O.ClH/c17-14-7-3-4-10-8-18(9-13(10)14)16(19)15-11-5-1-2-6-12(11)15;/h10-15H,1-9,17H2;1H. The second-order valence-electron chi connectivity index (χ2n) is 7.40. The molecule has 5 atom stereocenters. The lowest BCUT2D eigenvalue weighted by Crippen LogP contribution is -2.38. The molecule has 0 bridgehead atoms. The van der Waals surface area contributed by atoms with Crippen LogP contribution < -0.4 is 5.73 Å². The van der Waals surface area contributed by atoms with Crippen molar-refractivity contribution in [2.45, 2.75) is 51.0 Å². The minimum Gasteiger partial charge on any atom is -0.342 e. The third-order valence-electron chi connectivity index (χ3n) is 6.41. The Morgan fingerprint density at radius 2 is 1.60 bits per heavy atom. The van der Waals surface area contributed by atoms with Gasteiger partial charge >= 0.3 is 0 Å². The molecule has 1 saturated heterocycles. The van der Waals surface area contributed by atoms with E-state index in [1.54, 1.807) is 0 Å². The molecule has 3 nitrogen and oxygen atoms in total. The Hall–Kier alpha value is -0.280. The van der Waals surface area contributed by atoms with Gasteiger partial charge in [-0.15, -0.1) is 12.4 Å². The normalized spacial score (nSPS) is 46.1. The van der Waals surface area contributed by atoms with Crippen molar-refractivity contribution in [3.63, 3.8) is 0 Å². The first-order valence-corrected chi connectivity index (χ1v) is 8.30. The topological polar surface area (TPSA) is 46.3 Å². The van der Waals surface area contributed by atoms with Gasteiger partial charge in [0.05, 0.1) is 0 Å². The Balaban J connectivity index is 0.00000121. The maximum absolute atomic E-state index is 12.7. The number of nitrogens with zero attached hydrogens (tertiary/aromatic N) is 1. The maximum atomic E-state index is 12.7. The van der Waals surface area contributed by atoms with Gasteiger partial charge in [-0.05, 0) is 49.4 Å². The molecule has 3 saturated carbocycles. The van der Waals surface area contributed by atoms with E-state index in [0.29, 0.717) is 29.7 Å². The highest BCUT2D eigenvalue weighted by molar-refractivity contribution is 5.85. The zero-order valence-electron chi connectivity index (χ0n) is 12.2. The van der Waals surface area contributed by atoms with E-state index in [9.17, 15) is 4.79 Å². The largest absolute Gasteiger partial charge is 0.342 e. The summed E-state index contributed by atoms with van der Waals surface area (Å²) in [5.74, 6) is 3.68. The van der Waals surface area contributed by atoms with Crippen LogP contribution in [-0.2, 0) is 4.79 Å². The molecular formula is C16H27ClN2O. The van der Waals surface area contributed by atoms with Crippen molar-refractivity contribution >= 4 is 18.3 Å². The maximum Gasteiger partial charge on any atom is 0.226 e. The van der Waals surface area contributed by atoms with Crippen molar-refractivity contribution < 1.29 is 4.79 Å². The number of nitrogens with two attached hydrogens (primary N) is 1. The van der Waals surface area contributed by atoms with Crippen molar-refractivity contribution in [3.8, 4) is 0 Å². The second-order valence-corrected chi connectivity index (χ2v) is 7.40. The molecule has 2 N–H and O–H groups in total. The van der Waals surface area contributed by atoms with Gasteiger partial charge in [-0.25, -0.2) is 0 Å². The lowest BCUT2D eigenvalue weighted by molar-refractivity contribution is -0.132. The second kappa shape index (κ2) is 5.49. The molecule has 4 aliphatic rings. The highest BCUT2D eigenvalue weighted by atomic mass is 35.5. The minimum absolute atomic E-state index is 0. The lowest BCUT2D eigenvalue weighted by atomic mass is 9.78. The summed E-state index contributed by atoms with van der Waals surface area (Å²) in [6, 6.07) is 0.345. The van der Waals surface area contributed by atoms with Crippen LogP contribution in [0.15, 0.2) is 0 Å². The fraction of sp³-hybridized carbons (Fsp3) is 0.938. The molecule has 0 aromatic heterocycles. The Morgan fingerprint density at radius 1 is 0.900 bits per heavy atom. The third-order valence-corrected chi connectivity index (χ3v) is 6.41.